The van der Waals surface area contributed by atoms with Crippen LogP contribution in [0.25, 0.3) is 0 Å². The van der Waals surface area contributed by atoms with Crippen molar-refractivity contribution in [2.24, 2.45) is 5.10 Å². The van der Waals surface area contributed by atoms with Gasteiger partial charge < -0.3 is 9.73 Å². The number of rotatable bonds is 4. The summed E-state index contributed by atoms with van der Waals surface area (Å²) < 4.78 is 5.58. The molecule has 0 saturated carbocycles. The number of halogens is 1. The van der Waals surface area contributed by atoms with Crippen LogP contribution in [0.15, 0.2) is 52.2 Å². The molecule has 4 rings (SSSR count). The number of carbonyl (C=O) groups is 2. The summed E-state index contributed by atoms with van der Waals surface area (Å²) in [7, 11) is 0. The maximum absolute atomic E-state index is 13.2. The molecule has 1 atom stereocenters. The van der Waals surface area contributed by atoms with Crippen LogP contribution < -0.4 is 5.32 Å². The van der Waals surface area contributed by atoms with E-state index in [9.17, 15) is 9.59 Å². The first-order chi connectivity index (χ1) is 13.9. The van der Waals surface area contributed by atoms with Crippen molar-refractivity contribution < 1.29 is 14.0 Å². The van der Waals surface area contributed by atoms with Gasteiger partial charge in [-0.3, -0.25) is 14.5 Å². The van der Waals surface area contributed by atoms with Crippen LogP contribution in [0.4, 0.5) is 0 Å². The van der Waals surface area contributed by atoms with Gasteiger partial charge in [0.25, 0.3) is 5.91 Å². The zero-order valence-corrected chi connectivity index (χ0v) is 17.1. The largest absolute Gasteiger partial charge is 0.467 e. The number of hydrogen-bond donors (Lipinski definition) is 1. The molecule has 0 radical (unpaired) electrons. The Kier molecular flexibility index (Phi) is 5.19. The number of amides is 2. The van der Waals surface area contributed by atoms with Crippen molar-refractivity contribution in [3.8, 4) is 0 Å². The van der Waals surface area contributed by atoms with Gasteiger partial charge in [0.2, 0.25) is 5.91 Å². The molecule has 1 aromatic heterocycles. The fourth-order valence-electron chi connectivity index (χ4n) is 3.72. The molecule has 1 aromatic carbocycles. The van der Waals surface area contributed by atoms with Crippen molar-refractivity contribution in [3.63, 3.8) is 0 Å². The highest BCUT2D eigenvalue weighted by Crippen LogP contribution is 2.33. The van der Waals surface area contributed by atoms with Gasteiger partial charge in [0, 0.05) is 24.5 Å². The van der Waals surface area contributed by atoms with Gasteiger partial charge >= 0.3 is 0 Å². The lowest BCUT2D eigenvalue weighted by Crippen LogP contribution is -2.63. The van der Waals surface area contributed by atoms with E-state index in [0.717, 1.165) is 11.3 Å². The number of furan rings is 1. The summed E-state index contributed by atoms with van der Waals surface area (Å²) in [6.45, 7) is 4.89. The van der Waals surface area contributed by atoms with E-state index in [2.05, 4.69) is 10.4 Å². The van der Waals surface area contributed by atoms with E-state index in [1.54, 1.807) is 24.5 Å². The molecule has 1 saturated heterocycles. The SMILES string of the molecule is CC1(C)C(=O)NCCN1CC(=O)N1N=C(c2ccc(Cl)cc2)CC1c1ccco1. The summed E-state index contributed by atoms with van der Waals surface area (Å²) in [6, 6.07) is 10.7. The Morgan fingerprint density at radius 3 is 2.76 bits per heavy atom. The van der Waals surface area contributed by atoms with Crippen LogP contribution >= 0.6 is 11.6 Å². The molecule has 0 spiro atoms. The molecular formula is C21H23ClN4O3. The second-order valence-corrected chi connectivity index (χ2v) is 8.20. The van der Waals surface area contributed by atoms with E-state index >= 15 is 0 Å². The normalized spacial score (nSPS) is 21.8. The molecule has 2 aliphatic heterocycles. The number of piperazine rings is 1. The van der Waals surface area contributed by atoms with Gasteiger partial charge in [-0.05, 0) is 43.7 Å². The first-order valence-corrected chi connectivity index (χ1v) is 9.96. The van der Waals surface area contributed by atoms with Crippen LogP contribution in [0.5, 0.6) is 0 Å². The Morgan fingerprint density at radius 2 is 2.07 bits per heavy atom. The standard InChI is InChI=1S/C21H23ClN4O3/c1-21(2)20(28)23-9-10-25(21)13-19(27)26-17(18-4-3-11-29-18)12-16(24-26)14-5-7-15(22)8-6-14/h3-8,11,17H,9-10,12-13H2,1-2H3,(H,23,28). The maximum Gasteiger partial charge on any atom is 0.257 e. The van der Waals surface area contributed by atoms with E-state index < -0.39 is 5.54 Å². The van der Waals surface area contributed by atoms with Crippen molar-refractivity contribution in [2.45, 2.75) is 31.8 Å². The van der Waals surface area contributed by atoms with Crippen LogP contribution in [0.3, 0.4) is 0 Å². The summed E-state index contributed by atoms with van der Waals surface area (Å²) in [6.07, 6.45) is 2.14. The predicted octanol–water partition coefficient (Wildman–Crippen LogP) is 2.82. The fraction of sp³-hybridized carbons (Fsp3) is 0.381. The zero-order valence-electron chi connectivity index (χ0n) is 16.4. The zero-order chi connectivity index (χ0) is 20.6. The van der Waals surface area contributed by atoms with Gasteiger partial charge in [-0.2, -0.15) is 5.10 Å². The molecule has 2 aliphatic rings. The van der Waals surface area contributed by atoms with Gasteiger partial charge in [-0.15, -0.1) is 0 Å². The second kappa shape index (κ2) is 7.65. The third-order valence-corrected chi connectivity index (χ3v) is 5.81. The predicted molar refractivity (Wildman–Crippen MR) is 110 cm³/mol. The van der Waals surface area contributed by atoms with Crippen molar-refractivity contribution in [1.29, 1.82) is 0 Å². The highest BCUT2D eigenvalue weighted by molar-refractivity contribution is 6.30. The summed E-state index contributed by atoms with van der Waals surface area (Å²) >= 11 is 6.00. The number of nitrogens with zero attached hydrogens (tertiary/aromatic N) is 3. The molecule has 3 heterocycles. The molecule has 2 aromatic rings. The van der Waals surface area contributed by atoms with Gasteiger partial charge in [-0.1, -0.05) is 23.7 Å². The van der Waals surface area contributed by atoms with E-state index in [0.29, 0.717) is 30.3 Å². The number of hydrazone groups is 1. The number of benzene rings is 1. The second-order valence-electron chi connectivity index (χ2n) is 7.76. The fourth-order valence-corrected chi connectivity index (χ4v) is 3.84. The van der Waals surface area contributed by atoms with Gasteiger partial charge in [-0.25, -0.2) is 5.01 Å². The van der Waals surface area contributed by atoms with E-state index in [1.807, 2.05) is 36.9 Å². The number of hydrogen-bond acceptors (Lipinski definition) is 5. The lowest BCUT2D eigenvalue weighted by Gasteiger charge is -2.41. The Balaban J connectivity index is 1.60. The van der Waals surface area contributed by atoms with Crippen molar-refractivity contribution in [2.75, 3.05) is 19.6 Å². The van der Waals surface area contributed by atoms with Crippen molar-refractivity contribution >= 4 is 29.1 Å². The molecule has 152 valence electrons. The Labute approximate surface area is 174 Å². The Morgan fingerprint density at radius 1 is 1.31 bits per heavy atom. The molecule has 7 nitrogen and oxygen atoms in total. The lowest BCUT2D eigenvalue weighted by atomic mass is 9.99. The smallest absolute Gasteiger partial charge is 0.257 e. The Bertz CT molecular complexity index is 937. The van der Waals surface area contributed by atoms with Crippen LogP contribution in [0, 0.1) is 0 Å². The number of carbonyl (C=O) groups excluding carboxylic acids is 2. The summed E-state index contributed by atoms with van der Waals surface area (Å²) in [5.41, 5.74) is 0.960. The molecule has 1 fully saturated rings. The molecular weight excluding hydrogens is 392 g/mol. The van der Waals surface area contributed by atoms with E-state index in [-0.39, 0.29) is 24.4 Å². The third-order valence-electron chi connectivity index (χ3n) is 5.55. The van der Waals surface area contributed by atoms with Gasteiger partial charge in [0.05, 0.1) is 24.1 Å². The van der Waals surface area contributed by atoms with Crippen LogP contribution in [-0.4, -0.2) is 52.6 Å². The van der Waals surface area contributed by atoms with E-state index in [4.69, 9.17) is 16.0 Å². The maximum atomic E-state index is 13.2. The monoisotopic (exact) mass is 414 g/mol. The molecule has 29 heavy (non-hydrogen) atoms. The van der Waals surface area contributed by atoms with Gasteiger partial charge in [0.1, 0.15) is 11.8 Å². The average Bonchev–Trinajstić information content (AvgIpc) is 3.36. The molecule has 2 amide bonds. The van der Waals surface area contributed by atoms with Crippen LogP contribution in [0.1, 0.15) is 37.6 Å². The minimum Gasteiger partial charge on any atom is -0.467 e. The van der Waals surface area contributed by atoms with Crippen LogP contribution in [0.2, 0.25) is 5.02 Å². The summed E-state index contributed by atoms with van der Waals surface area (Å²) in [5.74, 6) is 0.436. The molecule has 1 unspecified atom stereocenters. The quantitative estimate of drug-likeness (QED) is 0.834. The molecule has 0 bridgehead atoms. The third kappa shape index (κ3) is 3.80. The molecule has 0 aliphatic carbocycles. The van der Waals surface area contributed by atoms with Crippen molar-refractivity contribution in [3.05, 3.63) is 59.0 Å². The molecule has 1 N–H and O–H groups in total. The molecule has 8 heteroatoms. The summed E-state index contributed by atoms with van der Waals surface area (Å²) in [5, 5.41) is 9.62. The minimum absolute atomic E-state index is 0.0779. The minimum atomic E-state index is -0.753. The summed E-state index contributed by atoms with van der Waals surface area (Å²) in [4.78, 5) is 27.3. The average molecular weight is 415 g/mol. The van der Waals surface area contributed by atoms with Gasteiger partial charge in [0.15, 0.2) is 0 Å². The highest BCUT2D eigenvalue weighted by Gasteiger charge is 2.41. The first kappa shape index (κ1) is 19.7. The lowest BCUT2D eigenvalue weighted by molar-refractivity contribution is -0.142. The van der Waals surface area contributed by atoms with Crippen molar-refractivity contribution in [1.82, 2.24) is 15.2 Å². The highest BCUT2D eigenvalue weighted by atomic mass is 35.5. The number of nitrogens with one attached hydrogen (secondary N) is 1. The van der Waals surface area contributed by atoms with Crippen LogP contribution in [-0.2, 0) is 9.59 Å². The Hall–Kier alpha value is -2.64. The van der Waals surface area contributed by atoms with E-state index in [1.165, 1.54) is 5.01 Å². The topological polar surface area (TPSA) is 78.2 Å². The first-order valence-electron chi connectivity index (χ1n) is 9.58.